The molecule has 0 unspecified atom stereocenters. The van der Waals surface area contributed by atoms with Crippen LogP contribution in [0.15, 0.2) is 30.5 Å². The molecule has 0 radical (unpaired) electrons. The number of hydrogen-bond donors (Lipinski definition) is 3. The summed E-state index contributed by atoms with van der Waals surface area (Å²) in [5, 5.41) is 3.99. The highest BCUT2D eigenvalue weighted by Crippen LogP contribution is 2.29. The van der Waals surface area contributed by atoms with Gasteiger partial charge in [-0.05, 0) is 31.0 Å². The number of nitrogens with one attached hydrogen (secondary N) is 2. The largest absolute Gasteiger partial charge is 0.361 e. The zero-order chi connectivity index (χ0) is 12.6. The number of aromatic amines is 1. The van der Waals surface area contributed by atoms with Gasteiger partial charge >= 0.3 is 0 Å². The van der Waals surface area contributed by atoms with Crippen LogP contribution in [0.4, 0.5) is 5.69 Å². The number of rotatable bonds is 2. The number of fused-ring (bicyclic) bond motifs is 1. The third-order valence-electron chi connectivity index (χ3n) is 3.79. The van der Waals surface area contributed by atoms with Crippen LogP contribution in [-0.4, -0.2) is 16.4 Å². The summed E-state index contributed by atoms with van der Waals surface area (Å²) in [5.74, 6) is -0.0614. The van der Waals surface area contributed by atoms with Gasteiger partial charge < -0.3 is 16.0 Å². The summed E-state index contributed by atoms with van der Waals surface area (Å²) >= 11 is 0. The third-order valence-corrected chi connectivity index (χ3v) is 3.79. The highest BCUT2D eigenvalue weighted by Gasteiger charge is 2.37. The lowest BCUT2D eigenvalue weighted by atomic mass is 9.98. The highest BCUT2D eigenvalue weighted by atomic mass is 35.5. The number of carbonyl (C=O) groups is 1. The van der Waals surface area contributed by atoms with Gasteiger partial charge in [-0.2, -0.15) is 0 Å². The number of hydrogen-bond acceptors (Lipinski definition) is 2. The number of H-pyrrole nitrogens is 1. The van der Waals surface area contributed by atoms with Gasteiger partial charge in [-0.15, -0.1) is 12.4 Å². The van der Waals surface area contributed by atoms with Crippen molar-refractivity contribution in [1.82, 2.24) is 4.98 Å². The molecule has 0 aliphatic heterocycles. The molecule has 1 aliphatic rings. The zero-order valence-corrected chi connectivity index (χ0v) is 11.4. The molecule has 4 N–H and O–H groups in total. The van der Waals surface area contributed by atoms with Crippen LogP contribution in [-0.2, 0) is 4.79 Å². The predicted octanol–water partition coefficient (Wildman–Crippen LogP) is 2.80. The molecule has 0 bridgehead atoms. The maximum atomic E-state index is 12.3. The van der Waals surface area contributed by atoms with E-state index in [-0.39, 0.29) is 18.3 Å². The summed E-state index contributed by atoms with van der Waals surface area (Å²) in [6.07, 6.45) is 5.51. The number of nitrogens with two attached hydrogens (primary N) is 1. The first kappa shape index (κ1) is 13.9. The Morgan fingerprint density at radius 1 is 1.26 bits per heavy atom. The summed E-state index contributed by atoms with van der Waals surface area (Å²) in [4.78, 5) is 15.4. The van der Waals surface area contributed by atoms with Crippen LogP contribution >= 0.6 is 12.4 Å². The molecule has 102 valence electrons. The molecule has 1 heterocycles. The quantitative estimate of drug-likeness (QED) is 0.791. The molecule has 0 atom stereocenters. The Kier molecular flexibility index (Phi) is 3.83. The molecule has 1 fully saturated rings. The van der Waals surface area contributed by atoms with E-state index in [2.05, 4.69) is 10.3 Å². The van der Waals surface area contributed by atoms with E-state index in [1.807, 2.05) is 30.5 Å². The molecule has 0 spiro atoms. The molecule has 1 saturated carbocycles. The van der Waals surface area contributed by atoms with E-state index < -0.39 is 5.54 Å². The van der Waals surface area contributed by atoms with E-state index >= 15 is 0 Å². The fourth-order valence-electron chi connectivity index (χ4n) is 2.67. The first-order valence-corrected chi connectivity index (χ1v) is 6.35. The van der Waals surface area contributed by atoms with Gasteiger partial charge in [-0.1, -0.05) is 18.9 Å². The van der Waals surface area contributed by atoms with Gasteiger partial charge in [-0.3, -0.25) is 4.79 Å². The predicted molar refractivity (Wildman–Crippen MR) is 79.6 cm³/mol. The Morgan fingerprint density at radius 2 is 2.00 bits per heavy atom. The van der Waals surface area contributed by atoms with Gasteiger partial charge in [-0.25, -0.2) is 0 Å². The third kappa shape index (κ3) is 2.46. The van der Waals surface area contributed by atoms with Crippen LogP contribution in [0.25, 0.3) is 10.9 Å². The van der Waals surface area contributed by atoms with Gasteiger partial charge in [0.05, 0.1) is 11.2 Å². The molecular formula is C14H18ClN3O. The Balaban J connectivity index is 0.00000133. The number of anilines is 1. The summed E-state index contributed by atoms with van der Waals surface area (Å²) < 4.78 is 0. The fourth-order valence-corrected chi connectivity index (χ4v) is 2.67. The van der Waals surface area contributed by atoms with Gasteiger partial charge in [0.2, 0.25) is 5.91 Å². The second-order valence-corrected chi connectivity index (χ2v) is 5.06. The van der Waals surface area contributed by atoms with Crippen molar-refractivity contribution in [2.45, 2.75) is 31.2 Å². The number of halogens is 1. The SMILES string of the molecule is Cl.NC1(C(=O)Nc2cccc3[nH]ccc23)CCCC1. The summed E-state index contributed by atoms with van der Waals surface area (Å²) in [6, 6.07) is 7.78. The maximum Gasteiger partial charge on any atom is 0.244 e. The Bertz CT molecular complexity index is 587. The van der Waals surface area contributed by atoms with E-state index in [9.17, 15) is 4.79 Å². The highest BCUT2D eigenvalue weighted by molar-refractivity contribution is 6.04. The standard InChI is InChI=1S/C14H17N3O.ClH/c15-14(7-1-2-8-14)13(18)17-12-5-3-4-11-10(12)6-9-16-11;/h3-6,9,16H,1-2,7-8,15H2,(H,17,18);1H. The summed E-state index contributed by atoms with van der Waals surface area (Å²) in [6.45, 7) is 0. The van der Waals surface area contributed by atoms with Crippen molar-refractivity contribution in [2.75, 3.05) is 5.32 Å². The minimum Gasteiger partial charge on any atom is -0.361 e. The summed E-state index contributed by atoms with van der Waals surface area (Å²) in [5.41, 5.74) is 7.32. The number of amides is 1. The van der Waals surface area contributed by atoms with E-state index in [0.717, 1.165) is 42.3 Å². The van der Waals surface area contributed by atoms with Crippen molar-refractivity contribution >= 4 is 34.9 Å². The van der Waals surface area contributed by atoms with E-state index in [0.29, 0.717) is 0 Å². The van der Waals surface area contributed by atoms with Crippen LogP contribution in [0.5, 0.6) is 0 Å². The molecule has 5 heteroatoms. The molecule has 1 aromatic carbocycles. The molecule has 4 nitrogen and oxygen atoms in total. The first-order valence-electron chi connectivity index (χ1n) is 6.35. The van der Waals surface area contributed by atoms with Crippen LogP contribution in [0.1, 0.15) is 25.7 Å². The van der Waals surface area contributed by atoms with Crippen molar-refractivity contribution in [2.24, 2.45) is 5.73 Å². The van der Waals surface area contributed by atoms with Crippen molar-refractivity contribution in [3.8, 4) is 0 Å². The van der Waals surface area contributed by atoms with Crippen molar-refractivity contribution in [3.05, 3.63) is 30.5 Å². The average molecular weight is 280 g/mol. The smallest absolute Gasteiger partial charge is 0.244 e. The molecule has 1 amide bonds. The molecular weight excluding hydrogens is 262 g/mol. The van der Waals surface area contributed by atoms with Crippen LogP contribution < -0.4 is 11.1 Å². The van der Waals surface area contributed by atoms with Gasteiger partial charge in [0.25, 0.3) is 0 Å². The average Bonchev–Trinajstić information content (AvgIpc) is 2.98. The lowest BCUT2D eigenvalue weighted by Crippen LogP contribution is -2.48. The fraction of sp³-hybridized carbons (Fsp3) is 0.357. The van der Waals surface area contributed by atoms with Gasteiger partial charge in [0.15, 0.2) is 0 Å². The second kappa shape index (κ2) is 5.23. The minimum atomic E-state index is -0.682. The van der Waals surface area contributed by atoms with Crippen molar-refractivity contribution < 1.29 is 4.79 Å². The normalized spacial score (nSPS) is 17.1. The van der Waals surface area contributed by atoms with E-state index in [1.165, 1.54) is 0 Å². The monoisotopic (exact) mass is 279 g/mol. The first-order chi connectivity index (χ1) is 8.69. The van der Waals surface area contributed by atoms with Crippen LogP contribution in [0, 0.1) is 0 Å². The second-order valence-electron chi connectivity index (χ2n) is 5.06. The van der Waals surface area contributed by atoms with Crippen LogP contribution in [0.3, 0.4) is 0 Å². The van der Waals surface area contributed by atoms with E-state index in [4.69, 9.17) is 5.73 Å². The minimum absolute atomic E-state index is 0. The van der Waals surface area contributed by atoms with Crippen molar-refractivity contribution in [3.63, 3.8) is 0 Å². The maximum absolute atomic E-state index is 12.3. The van der Waals surface area contributed by atoms with E-state index in [1.54, 1.807) is 0 Å². The molecule has 0 saturated heterocycles. The molecule has 1 aliphatic carbocycles. The van der Waals surface area contributed by atoms with Crippen molar-refractivity contribution in [1.29, 1.82) is 0 Å². The summed E-state index contributed by atoms with van der Waals surface area (Å²) in [7, 11) is 0. The topological polar surface area (TPSA) is 70.9 Å². The Morgan fingerprint density at radius 3 is 2.74 bits per heavy atom. The van der Waals surface area contributed by atoms with Gasteiger partial charge in [0.1, 0.15) is 0 Å². The molecule has 3 rings (SSSR count). The zero-order valence-electron chi connectivity index (χ0n) is 10.6. The number of benzene rings is 1. The van der Waals surface area contributed by atoms with Gasteiger partial charge in [0, 0.05) is 17.1 Å². The number of aromatic nitrogens is 1. The Hall–Kier alpha value is -1.52. The lowest BCUT2D eigenvalue weighted by Gasteiger charge is -2.22. The molecule has 2 aromatic rings. The molecule has 19 heavy (non-hydrogen) atoms. The van der Waals surface area contributed by atoms with Crippen LogP contribution in [0.2, 0.25) is 0 Å². The lowest BCUT2D eigenvalue weighted by molar-refractivity contribution is -0.120. The Labute approximate surface area is 118 Å². The molecule has 1 aromatic heterocycles. The number of carbonyl (C=O) groups excluding carboxylic acids is 1.